The van der Waals surface area contributed by atoms with Gasteiger partial charge >= 0.3 is 0 Å². The van der Waals surface area contributed by atoms with Crippen LogP contribution in [-0.2, 0) is 9.53 Å². The van der Waals surface area contributed by atoms with Gasteiger partial charge in [-0.05, 0) is 19.3 Å². The summed E-state index contributed by atoms with van der Waals surface area (Å²) in [6.45, 7) is 3.00. The number of carbonyl (C=O) groups is 1. The van der Waals surface area contributed by atoms with Gasteiger partial charge in [-0.25, -0.2) is 5.10 Å². The summed E-state index contributed by atoms with van der Waals surface area (Å²) in [6, 6.07) is 0.0531. The monoisotopic (exact) mass is 308 g/mol. The number of nitrogens with two attached hydrogens (primary N) is 1. The summed E-state index contributed by atoms with van der Waals surface area (Å²) in [4.78, 5) is 20.9. The Bertz CT molecular complexity index is 486. The zero-order valence-corrected chi connectivity index (χ0v) is 12.9. The summed E-state index contributed by atoms with van der Waals surface area (Å²) >= 11 is 0. The Morgan fingerprint density at radius 1 is 1.36 bits per heavy atom. The van der Waals surface area contributed by atoms with Gasteiger partial charge in [0.1, 0.15) is 6.33 Å². The van der Waals surface area contributed by atoms with Gasteiger partial charge in [-0.2, -0.15) is 10.1 Å². The molecular weight excluding hydrogens is 284 g/mol. The Hall–Kier alpha value is -1.67. The summed E-state index contributed by atoms with van der Waals surface area (Å²) in [5.41, 5.74) is 6.03. The van der Waals surface area contributed by atoms with Crippen molar-refractivity contribution in [2.24, 2.45) is 11.7 Å². The molecule has 3 N–H and O–H groups in total. The van der Waals surface area contributed by atoms with E-state index in [1.165, 1.54) is 6.33 Å². The molecule has 2 aliphatic rings. The van der Waals surface area contributed by atoms with E-state index in [9.17, 15) is 4.79 Å². The third-order valence-corrected chi connectivity index (χ3v) is 4.79. The number of nitrogens with zero attached hydrogens (tertiary/aromatic N) is 4. The summed E-state index contributed by atoms with van der Waals surface area (Å²) < 4.78 is 5.41. The lowest BCUT2D eigenvalue weighted by Gasteiger charge is -2.39. The second-order valence-corrected chi connectivity index (χ2v) is 6.07. The topological polar surface area (TPSA) is 100 Å². The third-order valence-electron chi connectivity index (χ3n) is 4.79. The largest absolute Gasteiger partial charge is 0.380 e. The van der Waals surface area contributed by atoms with Crippen molar-refractivity contribution in [3.8, 4) is 0 Å². The molecule has 1 aromatic rings. The molecule has 0 radical (unpaired) electrons. The van der Waals surface area contributed by atoms with Crippen LogP contribution in [0.2, 0.25) is 0 Å². The molecular formula is C14H24N6O2. The Balaban J connectivity index is 1.53. The fourth-order valence-electron chi connectivity index (χ4n) is 3.40. The highest BCUT2D eigenvalue weighted by molar-refractivity contribution is 5.79. The molecule has 22 heavy (non-hydrogen) atoms. The normalized spacial score (nSPS) is 29.6. The molecule has 1 aliphatic carbocycles. The molecule has 0 unspecified atom stereocenters. The van der Waals surface area contributed by atoms with Crippen LogP contribution >= 0.6 is 0 Å². The smallest absolute Gasteiger partial charge is 0.225 e. The second kappa shape index (κ2) is 6.62. The molecule has 0 spiro atoms. The van der Waals surface area contributed by atoms with Crippen LogP contribution in [0.15, 0.2) is 6.33 Å². The molecule has 1 amide bonds. The molecule has 122 valence electrons. The fraction of sp³-hybridized carbons (Fsp3) is 0.786. The van der Waals surface area contributed by atoms with Gasteiger partial charge in [0.2, 0.25) is 11.9 Å². The number of aromatic amines is 1. The Morgan fingerprint density at radius 2 is 2.14 bits per heavy atom. The maximum absolute atomic E-state index is 12.7. The molecule has 1 saturated heterocycles. The summed E-state index contributed by atoms with van der Waals surface area (Å²) in [5.74, 6) is 1.06. The third kappa shape index (κ3) is 3.07. The highest BCUT2D eigenvalue weighted by atomic mass is 16.5. The number of piperazine rings is 1. The van der Waals surface area contributed by atoms with Crippen molar-refractivity contribution in [1.29, 1.82) is 0 Å². The standard InChI is InChI=1S/C14H24N6O2/c1-22-12-8-10(2-3-11(12)15)13(21)19-4-6-20(7-5-19)14-16-9-17-18-14/h9-12H,2-8,15H2,1H3,(H,16,17,18)/t10-,11-,12-/m0/s1. The van der Waals surface area contributed by atoms with E-state index >= 15 is 0 Å². The average Bonchev–Trinajstić information content (AvgIpc) is 3.09. The van der Waals surface area contributed by atoms with E-state index in [0.717, 1.165) is 51.4 Å². The van der Waals surface area contributed by atoms with Crippen LogP contribution in [0.25, 0.3) is 0 Å². The van der Waals surface area contributed by atoms with Crippen molar-refractivity contribution < 1.29 is 9.53 Å². The van der Waals surface area contributed by atoms with Crippen LogP contribution in [0.4, 0.5) is 5.95 Å². The van der Waals surface area contributed by atoms with E-state index in [1.54, 1.807) is 7.11 Å². The first-order chi connectivity index (χ1) is 10.7. The van der Waals surface area contributed by atoms with Crippen molar-refractivity contribution in [2.75, 3.05) is 38.2 Å². The number of amides is 1. The predicted molar refractivity (Wildman–Crippen MR) is 81.3 cm³/mol. The van der Waals surface area contributed by atoms with E-state index in [2.05, 4.69) is 20.1 Å². The second-order valence-electron chi connectivity index (χ2n) is 6.07. The molecule has 2 fully saturated rings. The van der Waals surface area contributed by atoms with Crippen molar-refractivity contribution in [3.63, 3.8) is 0 Å². The van der Waals surface area contributed by atoms with Gasteiger partial charge in [0.15, 0.2) is 0 Å². The number of methoxy groups -OCH3 is 1. The van der Waals surface area contributed by atoms with Crippen LogP contribution in [0.3, 0.4) is 0 Å². The number of H-pyrrole nitrogens is 1. The Morgan fingerprint density at radius 3 is 2.77 bits per heavy atom. The molecule has 8 heteroatoms. The number of nitrogens with one attached hydrogen (secondary N) is 1. The Kier molecular flexibility index (Phi) is 4.58. The average molecular weight is 308 g/mol. The van der Waals surface area contributed by atoms with E-state index in [-0.39, 0.29) is 24.0 Å². The van der Waals surface area contributed by atoms with Gasteiger partial charge in [-0.1, -0.05) is 0 Å². The predicted octanol–water partition coefficient (Wildman–Crippen LogP) is -0.404. The molecule has 1 aromatic heterocycles. The summed E-state index contributed by atoms with van der Waals surface area (Å²) in [5, 5.41) is 6.73. The molecule has 2 heterocycles. The van der Waals surface area contributed by atoms with E-state index in [1.807, 2.05) is 4.90 Å². The molecule has 1 saturated carbocycles. The molecule has 0 aromatic carbocycles. The van der Waals surface area contributed by atoms with Crippen LogP contribution in [0.5, 0.6) is 0 Å². The molecule has 1 aliphatic heterocycles. The minimum atomic E-state index is -0.00168. The van der Waals surface area contributed by atoms with E-state index in [0.29, 0.717) is 0 Å². The molecule has 3 rings (SSSR count). The first-order valence-corrected chi connectivity index (χ1v) is 7.86. The van der Waals surface area contributed by atoms with E-state index in [4.69, 9.17) is 10.5 Å². The minimum absolute atomic E-state index is 0.00168. The lowest BCUT2D eigenvalue weighted by molar-refractivity contribution is -0.138. The number of carbonyl (C=O) groups excluding carboxylic acids is 1. The number of hydrogen-bond acceptors (Lipinski definition) is 6. The highest BCUT2D eigenvalue weighted by Crippen LogP contribution is 2.27. The van der Waals surface area contributed by atoms with Gasteiger partial charge in [0.25, 0.3) is 0 Å². The van der Waals surface area contributed by atoms with Crippen LogP contribution < -0.4 is 10.6 Å². The molecule has 0 bridgehead atoms. The van der Waals surface area contributed by atoms with Crippen molar-refractivity contribution in [3.05, 3.63) is 6.33 Å². The van der Waals surface area contributed by atoms with Crippen LogP contribution in [0.1, 0.15) is 19.3 Å². The van der Waals surface area contributed by atoms with Gasteiger partial charge in [-0.15, -0.1) is 0 Å². The van der Waals surface area contributed by atoms with Gasteiger partial charge in [0.05, 0.1) is 6.10 Å². The van der Waals surface area contributed by atoms with Crippen molar-refractivity contribution in [1.82, 2.24) is 20.1 Å². The zero-order chi connectivity index (χ0) is 15.5. The van der Waals surface area contributed by atoms with E-state index < -0.39 is 0 Å². The fourth-order valence-corrected chi connectivity index (χ4v) is 3.40. The lowest BCUT2D eigenvalue weighted by atomic mass is 9.83. The quantitative estimate of drug-likeness (QED) is 0.788. The number of rotatable bonds is 3. The van der Waals surface area contributed by atoms with Crippen molar-refractivity contribution >= 4 is 11.9 Å². The number of ether oxygens (including phenoxy) is 1. The minimum Gasteiger partial charge on any atom is -0.380 e. The number of aromatic nitrogens is 3. The van der Waals surface area contributed by atoms with Crippen LogP contribution in [-0.4, -0.2) is 71.4 Å². The highest BCUT2D eigenvalue weighted by Gasteiger charge is 2.35. The summed E-state index contributed by atoms with van der Waals surface area (Å²) in [7, 11) is 1.67. The molecule has 8 nitrogen and oxygen atoms in total. The van der Waals surface area contributed by atoms with Gasteiger partial charge in [0, 0.05) is 45.2 Å². The number of anilines is 1. The van der Waals surface area contributed by atoms with Gasteiger partial charge < -0.3 is 20.3 Å². The van der Waals surface area contributed by atoms with Crippen LogP contribution in [0, 0.1) is 5.92 Å². The first kappa shape index (κ1) is 15.2. The van der Waals surface area contributed by atoms with Gasteiger partial charge in [-0.3, -0.25) is 4.79 Å². The lowest BCUT2D eigenvalue weighted by Crippen LogP contribution is -2.52. The first-order valence-electron chi connectivity index (χ1n) is 7.86. The number of hydrogen-bond donors (Lipinski definition) is 2. The maximum atomic E-state index is 12.7. The SMILES string of the molecule is CO[C@H]1C[C@@H](C(=O)N2CCN(c3ncn[nH]3)CC2)CC[C@@H]1N. The van der Waals surface area contributed by atoms with Crippen molar-refractivity contribution in [2.45, 2.75) is 31.4 Å². The zero-order valence-electron chi connectivity index (χ0n) is 12.9. The summed E-state index contributed by atoms with van der Waals surface area (Å²) in [6.07, 6.45) is 3.95. The molecule has 3 atom stereocenters. The Labute approximate surface area is 130 Å². The maximum Gasteiger partial charge on any atom is 0.225 e.